The number of nitrogens with zero attached hydrogens (tertiary/aromatic N) is 1. The fourth-order valence-electron chi connectivity index (χ4n) is 4.80. The normalized spacial score (nSPS) is 11.8. The number of ether oxygens (including phenoxy) is 2. The summed E-state index contributed by atoms with van der Waals surface area (Å²) in [5.41, 5.74) is 4.41. The molecule has 0 aliphatic heterocycles. The quantitative estimate of drug-likeness (QED) is 0.253. The highest BCUT2D eigenvalue weighted by molar-refractivity contribution is 5.87. The Bertz CT molecular complexity index is 1470. The number of methoxy groups -OCH3 is 2. The predicted molar refractivity (Wildman–Crippen MR) is 144 cm³/mol. The average Bonchev–Trinajstić information content (AvgIpc) is 3.59. The van der Waals surface area contributed by atoms with Crippen molar-refractivity contribution in [2.24, 2.45) is 0 Å². The first-order valence-electron chi connectivity index (χ1n) is 12.3. The molecule has 5 rings (SSSR count). The molecule has 0 spiro atoms. The monoisotopic (exact) mass is 494 g/mol. The van der Waals surface area contributed by atoms with Gasteiger partial charge in [0.05, 0.1) is 27.0 Å². The van der Waals surface area contributed by atoms with Crippen molar-refractivity contribution in [3.05, 3.63) is 120 Å². The summed E-state index contributed by atoms with van der Waals surface area (Å²) in [4.78, 5) is 13.2. The van der Waals surface area contributed by atoms with E-state index in [1.54, 1.807) is 20.5 Å². The number of furan rings is 1. The van der Waals surface area contributed by atoms with E-state index in [-0.39, 0.29) is 18.2 Å². The molecule has 6 nitrogen and oxygen atoms in total. The number of benzene rings is 3. The van der Waals surface area contributed by atoms with Crippen molar-refractivity contribution in [3.8, 4) is 11.5 Å². The van der Waals surface area contributed by atoms with E-state index in [2.05, 4.69) is 58.5 Å². The Morgan fingerprint density at radius 3 is 2.46 bits per heavy atom. The molecular formula is C31H30N2O4. The molecule has 0 radical (unpaired) electrons. The summed E-state index contributed by atoms with van der Waals surface area (Å²) in [7, 11) is 3.24. The SMILES string of the molecule is COc1ccc([C@@H](CC(=O)NCc2ccco2)c2cn(Cc3ccccc3)c3ccccc23)cc1OC. The van der Waals surface area contributed by atoms with Gasteiger partial charge in [-0.05, 0) is 47.0 Å². The Balaban J connectivity index is 1.54. The molecule has 188 valence electrons. The highest BCUT2D eigenvalue weighted by atomic mass is 16.5. The van der Waals surface area contributed by atoms with Crippen molar-refractivity contribution in [3.63, 3.8) is 0 Å². The van der Waals surface area contributed by atoms with Gasteiger partial charge in [0.15, 0.2) is 11.5 Å². The van der Waals surface area contributed by atoms with Crippen LogP contribution in [0.2, 0.25) is 0 Å². The lowest BCUT2D eigenvalue weighted by Gasteiger charge is -2.19. The van der Waals surface area contributed by atoms with Crippen LogP contribution >= 0.6 is 0 Å². The van der Waals surface area contributed by atoms with Gasteiger partial charge in [-0.15, -0.1) is 0 Å². The van der Waals surface area contributed by atoms with Crippen molar-refractivity contribution in [1.82, 2.24) is 9.88 Å². The minimum Gasteiger partial charge on any atom is -0.493 e. The smallest absolute Gasteiger partial charge is 0.221 e. The molecule has 37 heavy (non-hydrogen) atoms. The highest BCUT2D eigenvalue weighted by Gasteiger charge is 2.24. The van der Waals surface area contributed by atoms with E-state index in [4.69, 9.17) is 13.9 Å². The first kappa shape index (κ1) is 24.3. The number of hydrogen-bond donors (Lipinski definition) is 1. The molecule has 6 heteroatoms. The molecule has 3 aromatic carbocycles. The van der Waals surface area contributed by atoms with Crippen LogP contribution < -0.4 is 14.8 Å². The first-order valence-corrected chi connectivity index (χ1v) is 12.3. The summed E-state index contributed by atoms with van der Waals surface area (Å²) in [5.74, 6) is 1.75. The van der Waals surface area contributed by atoms with E-state index in [0.29, 0.717) is 18.0 Å². The number of aromatic nitrogens is 1. The Morgan fingerprint density at radius 2 is 1.70 bits per heavy atom. The Hall–Kier alpha value is -4.45. The van der Waals surface area contributed by atoms with Crippen molar-refractivity contribution >= 4 is 16.8 Å². The number of carbonyl (C=O) groups excluding carboxylic acids is 1. The van der Waals surface area contributed by atoms with E-state index in [1.807, 2.05) is 42.5 Å². The fraction of sp³-hybridized carbons (Fsp3) is 0.194. The zero-order valence-corrected chi connectivity index (χ0v) is 21.0. The lowest BCUT2D eigenvalue weighted by molar-refractivity contribution is -0.121. The van der Waals surface area contributed by atoms with Gasteiger partial charge >= 0.3 is 0 Å². The van der Waals surface area contributed by atoms with Crippen LogP contribution in [0.25, 0.3) is 10.9 Å². The van der Waals surface area contributed by atoms with Crippen molar-refractivity contribution in [2.75, 3.05) is 14.2 Å². The number of hydrogen-bond acceptors (Lipinski definition) is 4. The third kappa shape index (κ3) is 5.38. The summed E-state index contributed by atoms with van der Waals surface area (Å²) < 4.78 is 18.7. The number of fused-ring (bicyclic) bond motifs is 1. The molecule has 1 N–H and O–H groups in total. The van der Waals surface area contributed by atoms with Gasteiger partial charge in [-0.25, -0.2) is 0 Å². The van der Waals surface area contributed by atoms with Crippen LogP contribution in [-0.2, 0) is 17.9 Å². The highest BCUT2D eigenvalue weighted by Crippen LogP contribution is 2.38. The fourth-order valence-corrected chi connectivity index (χ4v) is 4.80. The van der Waals surface area contributed by atoms with Gasteiger partial charge in [0, 0.05) is 36.0 Å². The standard InChI is InChI=1S/C31H30N2O4/c1-35-29-15-14-23(17-30(29)36-2)26(18-31(34)32-19-24-11-8-16-37-24)27-21-33(20-22-9-4-3-5-10-22)28-13-7-6-12-25(27)28/h3-17,21,26H,18-20H2,1-2H3,(H,32,34)/t26-/m1/s1. The molecule has 2 heterocycles. The number of para-hydroxylation sites is 1. The van der Waals surface area contributed by atoms with Crippen LogP contribution in [0.1, 0.15) is 34.8 Å². The largest absolute Gasteiger partial charge is 0.493 e. The van der Waals surface area contributed by atoms with Crippen LogP contribution in [0.5, 0.6) is 11.5 Å². The lowest BCUT2D eigenvalue weighted by Crippen LogP contribution is -2.24. The Labute approximate surface area is 216 Å². The molecule has 0 unspecified atom stereocenters. The van der Waals surface area contributed by atoms with E-state index in [1.165, 1.54) is 5.56 Å². The van der Waals surface area contributed by atoms with Crippen LogP contribution in [0.3, 0.4) is 0 Å². The van der Waals surface area contributed by atoms with Gasteiger partial charge in [0.2, 0.25) is 5.91 Å². The van der Waals surface area contributed by atoms with Gasteiger partial charge in [0.25, 0.3) is 0 Å². The van der Waals surface area contributed by atoms with E-state index < -0.39 is 0 Å². The van der Waals surface area contributed by atoms with E-state index in [0.717, 1.165) is 34.3 Å². The minimum atomic E-state index is -0.196. The summed E-state index contributed by atoms with van der Waals surface area (Å²) >= 11 is 0. The third-order valence-electron chi connectivity index (χ3n) is 6.63. The molecule has 0 aliphatic rings. The van der Waals surface area contributed by atoms with Gasteiger partial charge in [-0.3, -0.25) is 4.79 Å². The third-order valence-corrected chi connectivity index (χ3v) is 6.63. The molecule has 0 saturated heterocycles. The summed E-state index contributed by atoms with van der Waals surface area (Å²) in [6, 6.07) is 28.3. The second-order valence-electron chi connectivity index (χ2n) is 8.94. The van der Waals surface area contributed by atoms with E-state index in [9.17, 15) is 4.79 Å². The predicted octanol–water partition coefficient (Wildman–Crippen LogP) is 6.14. The van der Waals surface area contributed by atoms with Crippen LogP contribution in [0.4, 0.5) is 0 Å². The number of nitrogens with one attached hydrogen (secondary N) is 1. The first-order chi connectivity index (χ1) is 18.2. The number of rotatable bonds is 10. The zero-order chi connectivity index (χ0) is 25.6. The molecule has 0 bridgehead atoms. The minimum absolute atomic E-state index is 0.0592. The average molecular weight is 495 g/mol. The van der Waals surface area contributed by atoms with Crippen LogP contribution in [-0.4, -0.2) is 24.7 Å². The second-order valence-corrected chi connectivity index (χ2v) is 8.94. The molecule has 1 atom stereocenters. The maximum Gasteiger partial charge on any atom is 0.221 e. The number of amides is 1. The maximum absolute atomic E-state index is 13.2. The van der Waals surface area contributed by atoms with Gasteiger partial charge < -0.3 is 23.8 Å². The molecule has 0 aliphatic carbocycles. The lowest BCUT2D eigenvalue weighted by atomic mass is 9.87. The summed E-state index contributed by atoms with van der Waals surface area (Å²) in [6.45, 7) is 1.09. The maximum atomic E-state index is 13.2. The number of carbonyl (C=O) groups is 1. The molecular weight excluding hydrogens is 464 g/mol. The van der Waals surface area contributed by atoms with Crippen LogP contribution in [0, 0.1) is 0 Å². The zero-order valence-electron chi connectivity index (χ0n) is 21.0. The van der Waals surface area contributed by atoms with Gasteiger partial charge in [0.1, 0.15) is 5.76 Å². The second kappa shape index (κ2) is 11.1. The molecule has 1 amide bonds. The topological polar surface area (TPSA) is 65.6 Å². The van der Waals surface area contributed by atoms with Crippen molar-refractivity contribution in [1.29, 1.82) is 0 Å². The van der Waals surface area contributed by atoms with E-state index >= 15 is 0 Å². The Kier molecular flexibility index (Phi) is 7.26. The summed E-state index contributed by atoms with van der Waals surface area (Å²) in [6.07, 6.45) is 4.06. The van der Waals surface area contributed by atoms with Crippen LogP contribution in [0.15, 0.2) is 102 Å². The van der Waals surface area contributed by atoms with Crippen molar-refractivity contribution in [2.45, 2.75) is 25.4 Å². The van der Waals surface area contributed by atoms with Gasteiger partial charge in [-0.2, -0.15) is 0 Å². The molecule has 0 saturated carbocycles. The molecule has 5 aromatic rings. The van der Waals surface area contributed by atoms with Crippen molar-refractivity contribution < 1.29 is 18.7 Å². The summed E-state index contributed by atoms with van der Waals surface area (Å²) in [5, 5.41) is 4.13. The Morgan fingerprint density at radius 1 is 0.919 bits per heavy atom. The molecule has 2 aromatic heterocycles. The molecule has 0 fully saturated rings. The van der Waals surface area contributed by atoms with Gasteiger partial charge in [-0.1, -0.05) is 54.6 Å².